The Bertz CT molecular complexity index is 694. The molecular formula is C19H28N6O. The molecule has 2 heterocycles. The van der Waals surface area contributed by atoms with Gasteiger partial charge in [0.2, 0.25) is 5.91 Å². The minimum atomic E-state index is 0.147. The van der Waals surface area contributed by atoms with Gasteiger partial charge in [0.25, 0.3) is 0 Å². The molecule has 0 atom stereocenters. The van der Waals surface area contributed by atoms with Gasteiger partial charge in [0.15, 0.2) is 5.82 Å². The Hall–Kier alpha value is -2.44. The highest BCUT2D eigenvalue weighted by Crippen LogP contribution is 2.27. The Morgan fingerprint density at radius 2 is 2.08 bits per heavy atom. The third kappa shape index (κ3) is 5.54. The van der Waals surface area contributed by atoms with Crippen LogP contribution in [0.4, 0.5) is 5.82 Å². The van der Waals surface area contributed by atoms with Gasteiger partial charge in [-0.1, -0.05) is 32.1 Å². The molecule has 0 bridgehead atoms. The number of anilines is 1. The fourth-order valence-corrected chi connectivity index (χ4v) is 3.46. The third-order valence-electron chi connectivity index (χ3n) is 4.82. The highest BCUT2D eigenvalue weighted by atomic mass is 16.1. The molecule has 26 heavy (non-hydrogen) atoms. The van der Waals surface area contributed by atoms with Gasteiger partial charge in [-0.2, -0.15) is 5.10 Å². The molecule has 0 saturated heterocycles. The fraction of sp³-hybridized carbons (Fsp3) is 0.579. The van der Waals surface area contributed by atoms with Crippen molar-refractivity contribution in [2.45, 2.75) is 51.9 Å². The first-order chi connectivity index (χ1) is 12.7. The van der Waals surface area contributed by atoms with Gasteiger partial charge in [-0.3, -0.25) is 4.79 Å². The summed E-state index contributed by atoms with van der Waals surface area (Å²) in [4.78, 5) is 20.7. The first-order valence-electron chi connectivity index (χ1n) is 9.57. The minimum Gasteiger partial charge on any atom is -0.368 e. The van der Waals surface area contributed by atoms with Crippen molar-refractivity contribution in [3.63, 3.8) is 0 Å². The van der Waals surface area contributed by atoms with Gasteiger partial charge in [0, 0.05) is 38.0 Å². The van der Waals surface area contributed by atoms with Crippen molar-refractivity contribution >= 4 is 11.7 Å². The Labute approximate surface area is 154 Å². The minimum absolute atomic E-state index is 0.147. The zero-order valence-electron chi connectivity index (χ0n) is 15.4. The molecule has 7 nitrogen and oxygen atoms in total. The first-order valence-corrected chi connectivity index (χ1v) is 9.57. The van der Waals surface area contributed by atoms with Gasteiger partial charge in [0.1, 0.15) is 11.6 Å². The number of hydrogen-bond donors (Lipinski definition) is 2. The molecule has 1 aliphatic carbocycles. The molecule has 1 fully saturated rings. The van der Waals surface area contributed by atoms with E-state index < -0.39 is 0 Å². The Balaban J connectivity index is 1.38. The molecular weight excluding hydrogens is 328 g/mol. The van der Waals surface area contributed by atoms with E-state index in [1.807, 2.05) is 25.3 Å². The van der Waals surface area contributed by atoms with Crippen LogP contribution in [0.3, 0.4) is 0 Å². The molecule has 1 saturated carbocycles. The molecule has 3 rings (SSSR count). The van der Waals surface area contributed by atoms with Gasteiger partial charge in [-0.25, -0.2) is 14.6 Å². The summed E-state index contributed by atoms with van der Waals surface area (Å²) < 4.78 is 1.70. The normalized spacial score (nSPS) is 15.0. The summed E-state index contributed by atoms with van der Waals surface area (Å²) in [6.07, 6.45) is 11.8. The molecule has 0 radical (unpaired) electrons. The lowest BCUT2D eigenvalue weighted by molar-refractivity contribution is -0.121. The van der Waals surface area contributed by atoms with Crippen molar-refractivity contribution in [3.8, 4) is 5.82 Å². The average Bonchev–Trinajstić information content (AvgIpc) is 3.19. The maximum atomic E-state index is 12.0. The third-order valence-corrected chi connectivity index (χ3v) is 4.82. The molecule has 0 spiro atoms. The summed E-state index contributed by atoms with van der Waals surface area (Å²) in [6, 6.07) is 3.71. The zero-order chi connectivity index (χ0) is 18.2. The Morgan fingerprint density at radius 1 is 1.23 bits per heavy atom. The Kier molecular flexibility index (Phi) is 6.57. The molecule has 2 N–H and O–H groups in total. The van der Waals surface area contributed by atoms with E-state index in [2.05, 4.69) is 25.7 Å². The van der Waals surface area contributed by atoms with Crippen molar-refractivity contribution in [2.75, 3.05) is 18.4 Å². The van der Waals surface area contributed by atoms with Crippen LogP contribution in [0.15, 0.2) is 24.5 Å². The topological polar surface area (TPSA) is 84.7 Å². The lowest BCUT2D eigenvalue weighted by Gasteiger charge is -2.21. The average molecular weight is 356 g/mol. The fourth-order valence-electron chi connectivity index (χ4n) is 3.46. The maximum absolute atomic E-state index is 12.0. The number of aryl methyl sites for hydroxylation is 1. The number of carbonyl (C=O) groups excluding carboxylic acids is 1. The number of rotatable bonds is 8. The van der Waals surface area contributed by atoms with Crippen LogP contribution >= 0.6 is 0 Å². The molecule has 1 aliphatic rings. The predicted octanol–water partition coefficient (Wildman–Crippen LogP) is 2.86. The second kappa shape index (κ2) is 9.31. The van der Waals surface area contributed by atoms with Crippen LogP contribution in [0.25, 0.3) is 5.82 Å². The van der Waals surface area contributed by atoms with E-state index >= 15 is 0 Å². The van der Waals surface area contributed by atoms with Crippen molar-refractivity contribution in [1.29, 1.82) is 0 Å². The summed E-state index contributed by atoms with van der Waals surface area (Å²) in [5.74, 6) is 3.03. The first kappa shape index (κ1) is 18.4. The molecule has 0 aromatic carbocycles. The van der Waals surface area contributed by atoms with Gasteiger partial charge in [-0.05, 0) is 25.3 Å². The summed E-state index contributed by atoms with van der Waals surface area (Å²) in [5.41, 5.74) is 0. The highest BCUT2D eigenvalue weighted by Gasteiger charge is 2.14. The second-order valence-electron chi connectivity index (χ2n) is 6.93. The monoisotopic (exact) mass is 356 g/mol. The lowest BCUT2D eigenvalue weighted by Crippen LogP contribution is -2.29. The quantitative estimate of drug-likeness (QED) is 0.711. The van der Waals surface area contributed by atoms with Crippen LogP contribution in [0.2, 0.25) is 0 Å². The molecule has 0 aliphatic heterocycles. The molecule has 1 amide bonds. The molecule has 0 unspecified atom stereocenters. The van der Waals surface area contributed by atoms with Gasteiger partial charge in [-0.15, -0.1) is 0 Å². The highest BCUT2D eigenvalue weighted by molar-refractivity contribution is 5.75. The number of aromatic nitrogens is 4. The SMILES string of the molecule is Cc1nc(NCCNC(=O)CCC2CCCCC2)cc(-n2cccn2)n1. The van der Waals surface area contributed by atoms with Gasteiger partial charge >= 0.3 is 0 Å². The molecule has 2 aromatic rings. The van der Waals surface area contributed by atoms with E-state index in [4.69, 9.17) is 0 Å². The van der Waals surface area contributed by atoms with E-state index in [0.717, 1.165) is 24.0 Å². The van der Waals surface area contributed by atoms with E-state index in [-0.39, 0.29) is 5.91 Å². The van der Waals surface area contributed by atoms with E-state index in [9.17, 15) is 4.79 Å². The van der Waals surface area contributed by atoms with Crippen LogP contribution in [-0.2, 0) is 4.79 Å². The van der Waals surface area contributed by atoms with Crippen molar-refractivity contribution in [2.24, 2.45) is 5.92 Å². The van der Waals surface area contributed by atoms with Crippen molar-refractivity contribution < 1.29 is 4.79 Å². The van der Waals surface area contributed by atoms with Crippen LogP contribution in [0.1, 0.15) is 50.8 Å². The largest absolute Gasteiger partial charge is 0.368 e. The van der Waals surface area contributed by atoms with E-state index in [0.29, 0.717) is 25.3 Å². The van der Waals surface area contributed by atoms with Gasteiger partial charge < -0.3 is 10.6 Å². The van der Waals surface area contributed by atoms with E-state index in [1.165, 1.54) is 32.1 Å². The number of amides is 1. The summed E-state index contributed by atoms with van der Waals surface area (Å²) in [5, 5.41) is 10.4. The molecule has 2 aromatic heterocycles. The number of nitrogens with one attached hydrogen (secondary N) is 2. The van der Waals surface area contributed by atoms with Crippen LogP contribution in [0, 0.1) is 12.8 Å². The van der Waals surface area contributed by atoms with Crippen molar-refractivity contribution in [3.05, 3.63) is 30.4 Å². The smallest absolute Gasteiger partial charge is 0.220 e. The van der Waals surface area contributed by atoms with Crippen LogP contribution in [-0.4, -0.2) is 38.7 Å². The number of nitrogens with zero attached hydrogens (tertiary/aromatic N) is 4. The Morgan fingerprint density at radius 3 is 2.85 bits per heavy atom. The standard InChI is InChI=1S/C19H28N6O/c1-15-23-17(14-18(24-15)25-13-5-10-22-25)20-11-12-21-19(26)9-8-16-6-3-2-4-7-16/h5,10,13-14,16H,2-4,6-9,11-12H2,1H3,(H,21,26)(H,20,23,24). The van der Waals surface area contributed by atoms with Gasteiger partial charge in [0.05, 0.1) is 0 Å². The zero-order valence-corrected chi connectivity index (χ0v) is 15.4. The van der Waals surface area contributed by atoms with E-state index in [1.54, 1.807) is 10.9 Å². The summed E-state index contributed by atoms with van der Waals surface area (Å²) >= 11 is 0. The number of hydrogen-bond acceptors (Lipinski definition) is 5. The predicted molar refractivity (Wildman–Crippen MR) is 101 cm³/mol. The van der Waals surface area contributed by atoms with Crippen LogP contribution < -0.4 is 10.6 Å². The molecule has 7 heteroatoms. The van der Waals surface area contributed by atoms with Crippen LogP contribution in [0.5, 0.6) is 0 Å². The second-order valence-corrected chi connectivity index (χ2v) is 6.93. The summed E-state index contributed by atoms with van der Waals surface area (Å²) in [7, 11) is 0. The van der Waals surface area contributed by atoms with Crippen molar-refractivity contribution in [1.82, 2.24) is 25.1 Å². The summed E-state index contributed by atoms with van der Waals surface area (Å²) in [6.45, 7) is 3.07. The lowest BCUT2D eigenvalue weighted by atomic mass is 9.86. The number of carbonyl (C=O) groups is 1. The molecule has 140 valence electrons. The maximum Gasteiger partial charge on any atom is 0.220 e.